The van der Waals surface area contributed by atoms with Gasteiger partial charge in [0, 0.05) is 39.5 Å². The van der Waals surface area contributed by atoms with Gasteiger partial charge in [0.2, 0.25) is 0 Å². The molecule has 1 fully saturated rings. The summed E-state index contributed by atoms with van der Waals surface area (Å²) in [5, 5.41) is 0. The predicted octanol–water partition coefficient (Wildman–Crippen LogP) is 20.0. The molecule has 0 atom stereocenters. The zero-order valence-electron chi connectivity index (χ0n) is 41.6. The summed E-state index contributed by atoms with van der Waals surface area (Å²) in [6.45, 7) is 6.98. The molecule has 0 radical (unpaired) electrons. The Hall–Kier alpha value is -8.20. The number of nitrogens with zero attached hydrogens (tertiary/aromatic N) is 2. The minimum absolute atomic E-state index is 0.111. The Morgan fingerprint density at radius 1 is 0.333 bits per heavy atom. The topological polar surface area (TPSA) is 6.48 Å². The highest BCUT2D eigenvalue weighted by Crippen LogP contribution is 2.52. The molecule has 72 heavy (non-hydrogen) atoms. The van der Waals surface area contributed by atoms with Crippen LogP contribution in [0, 0.1) is 6.92 Å². The van der Waals surface area contributed by atoms with Crippen molar-refractivity contribution in [1.82, 2.24) is 0 Å². The average molecular weight is 929 g/mol. The molecule has 0 heterocycles. The molecule has 2 heteroatoms. The fourth-order valence-corrected chi connectivity index (χ4v) is 11.9. The number of rotatable bonds is 11. The first-order valence-corrected chi connectivity index (χ1v) is 25.9. The molecule has 0 spiro atoms. The van der Waals surface area contributed by atoms with Crippen molar-refractivity contribution in [3.05, 3.63) is 265 Å². The maximum absolute atomic E-state index is 2.44. The van der Waals surface area contributed by atoms with E-state index < -0.39 is 0 Å². The molecule has 2 aliphatic carbocycles. The van der Waals surface area contributed by atoms with E-state index >= 15 is 0 Å². The maximum atomic E-state index is 2.44. The summed E-state index contributed by atoms with van der Waals surface area (Å²) in [5.74, 6) is 0.630. The Morgan fingerprint density at radius 3 is 1.26 bits per heavy atom. The summed E-state index contributed by atoms with van der Waals surface area (Å²) in [7, 11) is 0. The molecular weight excluding hydrogens is 869 g/mol. The first-order valence-electron chi connectivity index (χ1n) is 25.9. The minimum Gasteiger partial charge on any atom is -0.310 e. The number of para-hydroxylation sites is 2. The van der Waals surface area contributed by atoms with E-state index in [9.17, 15) is 0 Å². The van der Waals surface area contributed by atoms with Crippen molar-refractivity contribution in [3.63, 3.8) is 0 Å². The van der Waals surface area contributed by atoms with E-state index in [0.29, 0.717) is 5.92 Å². The molecule has 10 aromatic carbocycles. The van der Waals surface area contributed by atoms with Gasteiger partial charge >= 0.3 is 0 Å². The molecular formula is C70H60N2. The van der Waals surface area contributed by atoms with E-state index in [2.05, 4.69) is 273 Å². The van der Waals surface area contributed by atoms with Gasteiger partial charge in [-0.25, -0.2) is 0 Å². The highest BCUT2D eigenvalue weighted by molar-refractivity contribution is 5.96. The second kappa shape index (κ2) is 19.2. The lowest BCUT2D eigenvalue weighted by Gasteiger charge is -2.28. The van der Waals surface area contributed by atoms with Crippen LogP contribution in [0.4, 0.5) is 34.1 Å². The molecule has 0 amide bonds. The smallest absolute Gasteiger partial charge is 0.0465 e. The number of aryl methyl sites for hydroxylation is 1. The normalized spacial score (nSPS) is 13.8. The summed E-state index contributed by atoms with van der Waals surface area (Å²) in [5.41, 5.74) is 24.6. The largest absolute Gasteiger partial charge is 0.310 e. The second-order valence-electron chi connectivity index (χ2n) is 20.4. The fraction of sp³-hybridized carbons (Fsp3) is 0.143. The lowest BCUT2D eigenvalue weighted by molar-refractivity contribution is 0.443. The Morgan fingerprint density at radius 2 is 0.750 bits per heavy atom. The number of hydrogen-bond acceptors (Lipinski definition) is 2. The molecule has 0 bridgehead atoms. The molecule has 2 nitrogen and oxygen atoms in total. The Kier molecular flexibility index (Phi) is 12.0. The first kappa shape index (κ1) is 45.0. The monoisotopic (exact) mass is 928 g/mol. The summed E-state index contributed by atoms with van der Waals surface area (Å²) in [6.07, 6.45) is 6.55. The summed E-state index contributed by atoms with van der Waals surface area (Å²) >= 11 is 0. The van der Waals surface area contributed by atoms with Crippen LogP contribution in [0.5, 0.6) is 0 Å². The van der Waals surface area contributed by atoms with Gasteiger partial charge in [-0.3, -0.25) is 0 Å². The van der Waals surface area contributed by atoms with Crippen LogP contribution >= 0.6 is 0 Å². The number of fused-ring (bicyclic) bond motifs is 3. The van der Waals surface area contributed by atoms with Crippen molar-refractivity contribution < 1.29 is 0 Å². The molecule has 2 aliphatic rings. The molecule has 1 saturated carbocycles. The van der Waals surface area contributed by atoms with E-state index in [1.54, 1.807) is 0 Å². The molecule has 0 aliphatic heterocycles. The van der Waals surface area contributed by atoms with E-state index in [-0.39, 0.29) is 5.41 Å². The fourth-order valence-electron chi connectivity index (χ4n) is 11.9. The summed E-state index contributed by atoms with van der Waals surface area (Å²) < 4.78 is 0. The van der Waals surface area contributed by atoms with Gasteiger partial charge in [-0.05, 0) is 189 Å². The third-order valence-corrected chi connectivity index (χ3v) is 15.6. The standard InChI is InChI=1S/C70H60N2/c1-49-21-19-34-67-69(49)62-44-43-61(46-68(62)70(67,2)3)72(57-31-17-8-18-32-57)59-41-37-54(38-42-59)66-48-63(51-24-11-5-12-25-51)65(47-64(66)52-26-13-6-14-27-52)53-35-39-58(40-36-53)71(56-29-15-7-16-30-56)60-33-20-28-55(45-60)50-22-9-4-10-23-50/h5-8,11-21,24-48,50H,4,9-10,22-23H2,1-3H3. The Bertz CT molecular complexity index is 3500. The van der Waals surface area contributed by atoms with Gasteiger partial charge in [0.15, 0.2) is 0 Å². The van der Waals surface area contributed by atoms with Crippen molar-refractivity contribution in [1.29, 1.82) is 0 Å². The minimum atomic E-state index is -0.111. The summed E-state index contributed by atoms with van der Waals surface area (Å²) in [4.78, 5) is 4.82. The molecule has 350 valence electrons. The third kappa shape index (κ3) is 8.41. The molecule has 0 saturated heterocycles. The van der Waals surface area contributed by atoms with Crippen LogP contribution in [0.2, 0.25) is 0 Å². The van der Waals surface area contributed by atoms with Gasteiger partial charge in [0.05, 0.1) is 0 Å². The zero-order chi connectivity index (χ0) is 48.6. The van der Waals surface area contributed by atoms with E-state index in [0.717, 1.165) is 28.4 Å². The van der Waals surface area contributed by atoms with Crippen molar-refractivity contribution in [3.8, 4) is 55.6 Å². The van der Waals surface area contributed by atoms with Gasteiger partial charge in [-0.2, -0.15) is 0 Å². The van der Waals surface area contributed by atoms with E-state index in [1.807, 2.05) is 0 Å². The molecule has 0 aromatic heterocycles. The zero-order valence-corrected chi connectivity index (χ0v) is 41.6. The number of anilines is 6. The van der Waals surface area contributed by atoms with Gasteiger partial charge in [0.25, 0.3) is 0 Å². The van der Waals surface area contributed by atoms with Crippen LogP contribution in [0.25, 0.3) is 55.6 Å². The molecule has 10 aromatic rings. The van der Waals surface area contributed by atoms with Crippen molar-refractivity contribution in [2.24, 2.45) is 0 Å². The second-order valence-corrected chi connectivity index (χ2v) is 20.4. The van der Waals surface area contributed by atoms with Gasteiger partial charge in [-0.15, -0.1) is 0 Å². The van der Waals surface area contributed by atoms with E-state index in [4.69, 9.17) is 0 Å². The summed E-state index contributed by atoms with van der Waals surface area (Å²) in [6, 6.07) is 89.9. The lowest BCUT2D eigenvalue weighted by atomic mass is 9.82. The first-order chi connectivity index (χ1) is 35.4. The van der Waals surface area contributed by atoms with Crippen molar-refractivity contribution >= 4 is 34.1 Å². The third-order valence-electron chi connectivity index (χ3n) is 15.6. The van der Waals surface area contributed by atoms with E-state index in [1.165, 1.54) is 116 Å². The molecule has 0 unspecified atom stereocenters. The van der Waals surface area contributed by atoms with Gasteiger partial charge in [0.1, 0.15) is 0 Å². The van der Waals surface area contributed by atoms with Crippen LogP contribution in [-0.4, -0.2) is 0 Å². The van der Waals surface area contributed by atoms with Crippen LogP contribution in [0.3, 0.4) is 0 Å². The average Bonchev–Trinajstić information content (AvgIpc) is 3.68. The highest BCUT2D eigenvalue weighted by atomic mass is 15.1. The maximum Gasteiger partial charge on any atom is 0.0465 e. The Balaban J connectivity index is 0.954. The predicted molar refractivity (Wildman–Crippen MR) is 306 cm³/mol. The quantitative estimate of drug-likeness (QED) is 0.128. The van der Waals surface area contributed by atoms with Crippen LogP contribution in [0.1, 0.15) is 74.1 Å². The molecule has 12 rings (SSSR count). The van der Waals surface area contributed by atoms with Crippen LogP contribution in [-0.2, 0) is 5.41 Å². The number of hydrogen-bond donors (Lipinski definition) is 0. The SMILES string of the molecule is Cc1cccc2c1-c1ccc(N(c3ccccc3)c3ccc(-c4cc(-c5ccccc5)c(-c5ccc(N(c6ccccc6)c6cccc(C7CCCCC7)c6)cc5)cc4-c4ccccc4)cc3)cc1C2(C)C. The van der Waals surface area contributed by atoms with Gasteiger partial charge in [-0.1, -0.05) is 191 Å². The van der Waals surface area contributed by atoms with Crippen LogP contribution in [0.15, 0.2) is 243 Å². The number of benzene rings is 10. The van der Waals surface area contributed by atoms with Crippen molar-refractivity contribution in [2.75, 3.05) is 9.80 Å². The van der Waals surface area contributed by atoms with Crippen LogP contribution < -0.4 is 9.80 Å². The molecule has 0 N–H and O–H groups in total. The van der Waals surface area contributed by atoms with Gasteiger partial charge < -0.3 is 9.80 Å². The Labute approximate surface area is 426 Å². The lowest BCUT2D eigenvalue weighted by Crippen LogP contribution is -2.16. The van der Waals surface area contributed by atoms with Crippen molar-refractivity contribution in [2.45, 2.75) is 64.2 Å². The highest BCUT2D eigenvalue weighted by Gasteiger charge is 2.37.